The normalized spacial score (nSPS) is 25.7. The number of esters is 1. The van der Waals surface area contributed by atoms with Gasteiger partial charge in [0, 0.05) is 6.20 Å². The molecular weight excluding hydrogens is 507 g/mol. The maximum absolute atomic E-state index is 13.6. The number of aliphatic hydroxyl groups is 2. The molecule has 0 radical (unpaired) electrons. The summed E-state index contributed by atoms with van der Waals surface area (Å²) in [6.45, 7) is 4.10. The van der Waals surface area contributed by atoms with E-state index in [4.69, 9.17) is 30.7 Å². The largest absolute Gasteiger partial charge is 0.462 e. The van der Waals surface area contributed by atoms with Gasteiger partial charge >= 0.3 is 19.4 Å². The molecule has 2 unspecified atom stereocenters. The highest BCUT2D eigenvalue weighted by molar-refractivity contribution is 7.52. The van der Waals surface area contributed by atoms with Crippen molar-refractivity contribution in [1.82, 2.24) is 14.6 Å². The summed E-state index contributed by atoms with van der Waals surface area (Å²) in [6.07, 6.45) is 1.53. The summed E-state index contributed by atoms with van der Waals surface area (Å²) in [5.41, 5.74) is 2.25. The molecule has 0 amide bonds. The number of hydrogen-bond acceptors (Lipinski definition) is 11. The van der Waals surface area contributed by atoms with E-state index < -0.39 is 62.2 Å². The van der Waals surface area contributed by atoms with Gasteiger partial charge in [-0.3, -0.25) is 13.9 Å². The lowest BCUT2D eigenvalue weighted by molar-refractivity contribution is -0.149. The van der Waals surface area contributed by atoms with Crippen LogP contribution in [0.25, 0.3) is 0 Å². The Kier molecular flexibility index (Phi) is 8.76. The number of rotatable bonds is 10. The van der Waals surface area contributed by atoms with Gasteiger partial charge in [-0.1, -0.05) is 24.1 Å². The number of carbonyl (C=O) groups excluding carboxylic acids is 1. The molecule has 200 valence electrons. The number of para-hydroxylation sites is 1. The number of ether oxygens (including phenoxy) is 2. The zero-order valence-corrected chi connectivity index (χ0v) is 21.3. The molecule has 0 aliphatic carbocycles. The quantitative estimate of drug-likeness (QED) is 0.188. The number of nitrogen functional groups attached to an aromatic ring is 1. The Balaban J connectivity index is 1.83. The Morgan fingerprint density at radius 1 is 1.35 bits per heavy atom. The molecule has 2 aromatic rings. The van der Waals surface area contributed by atoms with Gasteiger partial charge < -0.3 is 29.9 Å². The maximum atomic E-state index is 13.6. The maximum Gasteiger partial charge on any atom is 0.459 e. The van der Waals surface area contributed by atoms with Crippen LogP contribution in [0.1, 0.15) is 27.0 Å². The van der Waals surface area contributed by atoms with E-state index in [1.54, 1.807) is 32.0 Å². The van der Waals surface area contributed by atoms with Crippen LogP contribution >= 0.6 is 7.75 Å². The zero-order valence-electron chi connectivity index (χ0n) is 20.4. The van der Waals surface area contributed by atoms with Crippen molar-refractivity contribution in [2.75, 3.05) is 12.3 Å². The van der Waals surface area contributed by atoms with Crippen LogP contribution in [0.4, 0.5) is 5.82 Å². The Morgan fingerprint density at radius 2 is 2.03 bits per heavy atom. The molecule has 1 fully saturated rings. The number of nitrogens with one attached hydrogen (secondary N) is 1. The van der Waals surface area contributed by atoms with Crippen molar-refractivity contribution in [3.05, 3.63) is 53.1 Å². The summed E-state index contributed by atoms with van der Waals surface area (Å²) in [5, 5.41) is 24.2. The number of aliphatic hydroxyl groups excluding tert-OH is 1. The second kappa shape index (κ2) is 11.4. The summed E-state index contributed by atoms with van der Waals surface area (Å²) in [7, 11) is -4.30. The molecule has 1 aliphatic rings. The van der Waals surface area contributed by atoms with Crippen molar-refractivity contribution in [2.24, 2.45) is 0 Å². The lowest BCUT2D eigenvalue weighted by Crippen LogP contribution is -2.47. The highest BCUT2D eigenvalue weighted by Gasteiger charge is 2.56. The van der Waals surface area contributed by atoms with Crippen LogP contribution in [0.5, 0.6) is 5.75 Å². The first-order chi connectivity index (χ1) is 17.4. The summed E-state index contributed by atoms with van der Waals surface area (Å²) < 4.78 is 36.3. The Bertz CT molecular complexity index is 1250. The summed E-state index contributed by atoms with van der Waals surface area (Å²) in [5.74, 6) is 1.43. The molecule has 5 N–H and O–H groups in total. The molecule has 2 heterocycles. The average molecular weight is 536 g/mol. The molecule has 0 spiro atoms. The van der Waals surface area contributed by atoms with Gasteiger partial charge in [0.25, 0.3) is 0 Å². The Hall–Kier alpha value is -3.24. The fourth-order valence-corrected chi connectivity index (χ4v) is 4.95. The molecule has 0 saturated carbocycles. The molecule has 37 heavy (non-hydrogen) atoms. The third-order valence-electron chi connectivity index (χ3n) is 5.25. The van der Waals surface area contributed by atoms with E-state index in [1.807, 2.05) is 5.92 Å². The molecule has 1 aliphatic heterocycles. The SMILES string of the molecule is C#C[C@@]1(O)[C@H](O)[C@@H](COP(=O)(NC(C)C(=O)OC(C)C)Oc2ccccc2)O[C@H]1n1ccc(N)nc1=O. The van der Waals surface area contributed by atoms with Gasteiger partial charge in [0.15, 0.2) is 11.8 Å². The Labute approximate surface area is 213 Å². The topological polar surface area (TPSA) is 184 Å². The summed E-state index contributed by atoms with van der Waals surface area (Å²) in [4.78, 5) is 28.2. The molecule has 0 bridgehead atoms. The molecule has 1 aromatic heterocycles. The summed E-state index contributed by atoms with van der Waals surface area (Å²) >= 11 is 0. The number of hydrogen-bond donors (Lipinski definition) is 4. The van der Waals surface area contributed by atoms with E-state index in [0.717, 1.165) is 4.57 Å². The number of carbonyl (C=O) groups is 1. The minimum atomic E-state index is -4.30. The van der Waals surface area contributed by atoms with Gasteiger partial charge in [0.2, 0.25) is 0 Å². The van der Waals surface area contributed by atoms with Crippen molar-refractivity contribution >= 4 is 19.5 Å². The van der Waals surface area contributed by atoms with Crippen molar-refractivity contribution in [2.45, 2.75) is 57.0 Å². The van der Waals surface area contributed by atoms with Gasteiger partial charge in [0.05, 0.1) is 12.7 Å². The van der Waals surface area contributed by atoms with Gasteiger partial charge in [-0.2, -0.15) is 10.1 Å². The third kappa shape index (κ3) is 6.56. The van der Waals surface area contributed by atoms with Crippen molar-refractivity contribution in [3.63, 3.8) is 0 Å². The summed E-state index contributed by atoms with van der Waals surface area (Å²) in [6, 6.07) is 8.19. The van der Waals surface area contributed by atoms with E-state index in [1.165, 1.54) is 31.3 Å². The standard InChI is InChI=1S/C23H29N4O9P/c1-5-23(31)19(28)17(35-21(23)27-12-11-18(24)25-22(27)30)13-33-37(32,36-16-9-7-6-8-10-16)26-15(4)20(29)34-14(2)3/h1,6-12,14-15,17,19,21,28,31H,13H2,2-4H3,(H,26,32)(H2,24,25,30)/t15?,17-,19-,21-,23-,37?/m1/s1. The van der Waals surface area contributed by atoms with Gasteiger partial charge in [0.1, 0.15) is 29.8 Å². The molecule has 1 aromatic carbocycles. The molecular formula is C23H29N4O9P. The first kappa shape index (κ1) is 28.3. The number of benzene rings is 1. The van der Waals surface area contributed by atoms with Gasteiger partial charge in [-0.15, -0.1) is 6.42 Å². The molecule has 6 atom stereocenters. The number of anilines is 1. The minimum Gasteiger partial charge on any atom is -0.462 e. The van der Waals surface area contributed by atoms with Crippen molar-refractivity contribution < 1.29 is 38.1 Å². The molecule has 1 saturated heterocycles. The van der Waals surface area contributed by atoms with E-state index in [0.29, 0.717) is 0 Å². The third-order valence-corrected chi connectivity index (χ3v) is 6.90. The predicted molar refractivity (Wildman–Crippen MR) is 131 cm³/mol. The van der Waals surface area contributed by atoms with E-state index in [2.05, 4.69) is 10.1 Å². The van der Waals surface area contributed by atoms with Crippen LogP contribution in [0, 0.1) is 12.3 Å². The van der Waals surface area contributed by atoms with Crippen LogP contribution in [0.2, 0.25) is 0 Å². The fourth-order valence-electron chi connectivity index (χ4n) is 3.45. The first-order valence-corrected chi connectivity index (χ1v) is 12.8. The predicted octanol–water partition coefficient (Wildman–Crippen LogP) is 0.581. The second-order valence-corrected chi connectivity index (χ2v) is 10.2. The smallest absolute Gasteiger partial charge is 0.459 e. The van der Waals surface area contributed by atoms with Crippen LogP contribution in [0.15, 0.2) is 47.4 Å². The lowest BCUT2D eigenvalue weighted by Gasteiger charge is -2.26. The van der Waals surface area contributed by atoms with E-state index >= 15 is 0 Å². The average Bonchev–Trinajstić information content (AvgIpc) is 3.08. The fraction of sp³-hybridized carbons (Fsp3) is 0.435. The number of aromatic nitrogens is 2. The molecule has 13 nitrogen and oxygen atoms in total. The zero-order chi connectivity index (χ0) is 27.4. The number of terminal acetylenes is 1. The highest BCUT2D eigenvalue weighted by Crippen LogP contribution is 2.46. The van der Waals surface area contributed by atoms with Gasteiger partial charge in [-0.05, 0) is 39.0 Å². The molecule has 14 heteroatoms. The monoisotopic (exact) mass is 536 g/mol. The lowest BCUT2D eigenvalue weighted by atomic mass is 9.95. The number of nitrogens with zero attached hydrogens (tertiary/aromatic N) is 2. The second-order valence-electron chi connectivity index (χ2n) is 8.52. The first-order valence-electron chi connectivity index (χ1n) is 11.2. The van der Waals surface area contributed by atoms with Gasteiger partial charge in [-0.25, -0.2) is 9.36 Å². The van der Waals surface area contributed by atoms with Crippen LogP contribution in [-0.4, -0.2) is 62.3 Å². The van der Waals surface area contributed by atoms with Crippen LogP contribution in [-0.2, 0) is 23.4 Å². The van der Waals surface area contributed by atoms with E-state index in [9.17, 15) is 24.4 Å². The van der Waals surface area contributed by atoms with Crippen LogP contribution in [0.3, 0.4) is 0 Å². The highest BCUT2D eigenvalue weighted by atomic mass is 31.2. The Morgan fingerprint density at radius 3 is 2.62 bits per heavy atom. The number of nitrogens with two attached hydrogens (primary N) is 1. The molecule has 3 rings (SSSR count). The van der Waals surface area contributed by atoms with E-state index in [-0.39, 0.29) is 11.6 Å². The van der Waals surface area contributed by atoms with Crippen molar-refractivity contribution in [3.8, 4) is 18.1 Å². The van der Waals surface area contributed by atoms with Crippen LogP contribution < -0.4 is 21.0 Å². The van der Waals surface area contributed by atoms with Crippen molar-refractivity contribution in [1.29, 1.82) is 0 Å². The minimum absolute atomic E-state index is 0.0703.